The fourth-order valence-electron chi connectivity index (χ4n) is 2.00. The topological polar surface area (TPSA) is 58.4 Å². The van der Waals surface area contributed by atoms with Crippen molar-refractivity contribution in [3.63, 3.8) is 0 Å². The first-order chi connectivity index (χ1) is 9.08. The Labute approximate surface area is 114 Å². The zero-order valence-corrected chi connectivity index (χ0v) is 11.9. The molecule has 1 unspecified atom stereocenters. The fraction of sp³-hybridized carbons (Fsp3) is 0.571. The molecule has 0 aliphatic rings. The minimum Gasteiger partial charge on any atom is -0.309 e. The zero-order chi connectivity index (χ0) is 14.3. The predicted octanol–water partition coefficient (Wildman–Crippen LogP) is 2.59. The van der Waals surface area contributed by atoms with E-state index < -0.39 is 0 Å². The smallest absolute Gasteiger partial charge is 0.269 e. The van der Waals surface area contributed by atoms with E-state index in [0.29, 0.717) is 0 Å². The van der Waals surface area contributed by atoms with Crippen LogP contribution in [0.4, 0.5) is 5.69 Å². The van der Waals surface area contributed by atoms with Crippen LogP contribution in [0.3, 0.4) is 0 Å². The van der Waals surface area contributed by atoms with Crippen molar-refractivity contribution in [2.24, 2.45) is 0 Å². The highest BCUT2D eigenvalue weighted by molar-refractivity contribution is 5.35. The largest absolute Gasteiger partial charge is 0.309 e. The van der Waals surface area contributed by atoms with Gasteiger partial charge < -0.3 is 10.2 Å². The van der Waals surface area contributed by atoms with Gasteiger partial charge in [0.2, 0.25) is 0 Å². The van der Waals surface area contributed by atoms with Gasteiger partial charge in [0.25, 0.3) is 5.69 Å². The summed E-state index contributed by atoms with van der Waals surface area (Å²) >= 11 is 0. The summed E-state index contributed by atoms with van der Waals surface area (Å²) < 4.78 is 0. The molecule has 0 aliphatic carbocycles. The van der Waals surface area contributed by atoms with Gasteiger partial charge in [-0.15, -0.1) is 0 Å². The van der Waals surface area contributed by atoms with Crippen LogP contribution in [0.25, 0.3) is 0 Å². The molecular weight excluding hydrogens is 242 g/mol. The Kier molecular flexibility index (Phi) is 6.45. The van der Waals surface area contributed by atoms with Crippen molar-refractivity contribution in [2.45, 2.75) is 26.8 Å². The van der Waals surface area contributed by atoms with E-state index in [4.69, 9.17) is 0 Å². The van der Waals surface area contributed by atoms with Crippen molar-refractivity contribution in [2.75, 3.05) is 26.2 Å². The number of nitrogens with one attached hydrogen (secondary N) is 1. The lowest BCUT2D eigenvalue weighted by Crippen LogP contribution is -2.33. The Morgan fingerprint density at radius 2 is 2.05 bits per heavy atom. The molecule has 5 nitrogen and oxygen atoms in total. The standard InChI is InChI=1S/C14H23N3O2/c1-4-16(5-2)10-9-15-12(3)13-7-6-8-14(11-13)17(18)19/h6-8,11-12,15H,4-5,9-10H2,1-3H3. The summed E-state index contributed by atoms with van der Waals surface area (Å²) in [5, 5.41) is 14.1. The highest BCUT2D eigenvalue weighted by Gasteiger charge is 2.10. The van der Waals surface area contributed by atoms with Gasteiger partial charge in [-0.25, -0.2) is 0 Å². The van der Waals surface area contributed by atoms with E-state index in [-0.39, 0.29) is 16.7 Å². The van der Waals surface area contributed by atoms with Crippen LogP contribution in [0.2, 0.25) is 0 Å². The van der Waals surface area contributed by atoms with Crippen LogP contribution in [0.5, 0.6) is 0 Å². The van der Waals surface area contributed by atoms with Gasteiger partial charge >= 0.3 is 0 Å². The van der Waals surface area contributed by atoms with Gasteiger partial charge in [0.05, 0.1) is 4.92 Å². The molecule has 0 saturated heterocycles. The highest BCUT2D eigenvalue weighted by Crippen LogP contribution is 2.18. The van der Waals surface area contributed by atoms with Crippen LogP contribution < -0.4 is 5.32 Å². The minimum atomic E-state index is -0.355. The Morgan fingerprint density at radius 1 is 1.37 bits per heavy atom. The van der Waals surface area contributed by atoms with Crippen LogP contribution in [0.15, 0.2) is 24.3 Å². The highest BCUT2D eigenvalue weighted by atomic mass is 16.6. The first-order valence-electron chi connectivity index (χ1n) is 6.78. The molecule has 106 valence electrons. The number of nitro groups is 1. The van der Waals surface area contributed by atoms with E-state index in [1.165, 1.54) is 6.07 Å². The monoisotopic (exact) mass is 265 g/mol. The maximum Gasteiger partial charge on any atom is 0.269 e. The molecule has 0 heterocycles. The van der Waals surface area contributed by atoms with Crippen molar-refractivity contribution < 1.29 is 4.92 Å². The zero-order valence-electron chi connectivity index (χ0n) is 11.9. The molecule has 0 amide bonds. The summed E-state index contributed by atoms with van der Waals surface area (Å²) in [5.74, 6) is 0. The Morgan fingerprint density at radius 3 is 2.63 bits per heavy atom. The summed E-state index contributed by atoms with van der Waals surface area (Å²) in [5.41, 5.74) is 1.10. The van der Waals surface area contributed by atoms with Gasteiger partial charge in [-0.1, -0.05) is 26.0 Å². The first kappa shape index (κ1) is 15.6. The molecule has 0 saturated carbocycles. The number of hydrogen-bond acceptors (Lipinski definition) is 4. The van der Waals surface area contributed by atoms with Crippen molar-refractivity contribution in [1.82, 2.24) is 10.2 Å². The number of nitrogens with zero attached hydrogens (tertiary/aromatic N) is 2. The molecule has 1 atom stereocenters. The molecule has 5 heteroatoms. The molecule has 0 aromatic heterocycles. The van der Waals surface area contributed by atoms with Gasteiger partial charge in [0, 0.05) is 31.3 Å². The summed E-state index contributed by atoms with van der Waals surface area (Å²) in [6.45, 7) is 10.3. The lowest BCUT2D eigenvalue weighted by atomic mass is 10.1. The quantitative estimate of drug-likeness (QED) is 0.580. The molecule has 1 N–H and O–H groups in total. The van der Waals surface area contributed by atoms with Crippen LogP contribution >= 0.6 is 0 Å². The number of hydrogen-bond donors (Lipinski definition) is 1. The van der Waals surface area contributed by atoms with E-state index in [9.17, 15) is 10.1 Å². The molecule has 1 aromatic rings. The summed E-state index contributed by atoms with van der Waals surface area (Å²) in [4.78, 5) is 12.7. The Hall–Kier alpha value is -1.46. The maximum atomic E-state index is 10.7. The molecular formula is C14H23N3O2. The van der Waals surface area contributed by atoms with E-state index >= 15 is 0 Å². The molecule has 1 rings (SSSR count). The average molecular weight is 265 g/mol. The second-order valence-corrected chi connectivity index (χ2v) is 4.55. The van der Waals surface area contributed by atoms with Crippen molar-refractivity contribution >= 4 is 5.69 Å². The molecule has 0 aliphatic heterocycles. The first-order valence-corrected chi connectivity index (χ1v) is 6.78. The third-order valence-electron chi connectivity index (χ3n) is 3.35. The Balaban J connectivity index is 2.51. The van der Waals surface area contributed by atoms with Crippen molar-refractivity contribution in [3.05, 3.63) is 39.9 Å². The van der Waals surface area contributed by atoms with Gasteiger partial charge in [-0.3, -0.25) is 10.1 Å². The minimum absolute atomic E-state index is 0.121. The SMILES string of the molecule is CCN(CC)CCNC(C)c1cccc([N+](=O)[O-])c1. The number of non-ortho nitro benzene ring substituents is 1. The lowest BCUT2D eigenvalue weighted by molar-refractivity contribution is -0.384. The average Bonchev–Trinajstić information content (AvgIpc) is 2.43. The number of likely N-dealkylation sites (N-methyl/N-ethyl adjacent to an activating group) is 1. The summed E-state index contributed by atoms with van der Waals surface area (Å²) in [6, 6.07) is 6.93. The second-order valence-electron chi connectivity index (χ2n) is 4.55. The maximum absolute atomic E-state index is 10.7. The second kappa shape index (κ2) is 7.86. The number of nitro benzene ring substituents is 1. The van der Waals surface area contributed by atoms with Crippen LogP contribution in [-0.4, -0.2) is 36.0 Å². The van der Waals surface area contributed by atoms with Gasteiger partial charge in [-0.05, 0) is 25.6 Å². The fourth-order valence-corrected chi connectivity index (χ4v) is 2.00. The molecule has 0 bridgehead atoms. The normalized spacial score (nSPS) is 12.6. The van der Waals surface area contributed by atoms with Crippen molar-refractivity contribution in [1.29, 1.82) is 0 Å². The molecule has 19 heavy (non-hydrogen) atoms. The van der Waals surface area contributed by atoms with E-state index in [0.717, 1.165) is 31.7 Å². The van der Waals surface area contributed by atoms with Gasteiger partial charge in [0.15, 0.2) is 0 Å². The molecule has 0 fully saturated rings. The van der Waals surface area contributed by atoms with Crippen LogP contribution in [0, 0.1) is 10.1 Å². The molecule has 1 aromatic carbocycles. The summed E-state index contributed by atoms with van der Waals surface area (Å²) in [7, 11) is 0. The van der Waals surface area contributed by atoms with Crippen molar-refractivity contribution in [3.8, 4) is 0 Å². The summed E-state index contributed by atoms with van der Waals surface area (Å²) in [6.07, 6.45) is 0. The molecule has 0 radical (unpaired) electrons. The Bertz CT molecular complexity index is 405. The van der Waals surface area contributed by atoms with Gasteiger partial charge in [-0.2, -0.15) is 0 Å². The van der Waals surface area contributed by atoms with E-state index in [1.807, 2.05) is 13.0 Å². The van der Waals surface area contributed by atoms with Crippen LogP contribution in [0.1, 0.15) is 32.4 Å². The number of benzene rings is 1. The molecule has 0 spiro atoms. The van der Waals surface area contributed by atoms with E-state index in [1.54, 1.807) is 12.1 Å². The van der Waals surface area contributed by atoms with Crippen LogP contribution in [-0.2, 0) is 0 Å². The predicted molar refractivity (Wildman–Crippen MR) is 77.3 cm³/mol. The lowest BCUT2D eigenvalue weighted by Gasteiger charge is -2.20. The van der Waals surface area contributed by atoms with E-state index in [2.05, 4.69) is 24.1 Å². The van der Waals surface area contributed by atoms with Gasteiger partial charge in [0.1, 0.15) is 0 Å². The third kappa shape index (κ3) is 4.96. The third-order valence-corrected chi connectivity index (χ3v) is 3.35. The number of rotatable bonds is 8.